The Hall–Kier alpha value is -1.84. The van der Waals surface area contributed by atoms with Gasteiger partial charge in [-0.1, -0.05) is 23.8 Å². The molecule has 1 aromatic carbocycles. The van der Waals surface area contributed by atoms with E-state index < -0.39 is 5.97 Å². The van der Waals surface area contributed by atoms with E-state index in [4.69, 9.17) is 5.11 Å². The number of carbonyl (C=O) groups excluding carboxylic acids is 1. The van der Waals surface area contributed by atoms with E-state index in [-0.39, 0.29) is 23.8 Å². The number of carboxylic acid groups (broad SMARTS) is 1. The Kier molecular flexibility index (Phi) is 4.66. The molecular weight excluding hydrogens is 266 g/mol. The fourth-order valence-electron chi connectivity index (χ4n) is 3.08. The van der Waals surface area contributed by atoms with Gasteiger partial charge in [-0.2, -0.15) is 0 Å². The summed E-state index contributed by atoms with van der Waals surface area (Å²) in [6, 6.07) is 6.15. The molecule has 21 heavy (non-hydrogen) atoms. The molecule has 1 aliphatic rings. The summed E-state index contributed by atoms with van der Waals surface area (Å²) in [4.78, 5) is 23.3. The molecule has 1 aliphatic carbocycles. The summed E-state index contributed by atoms with van der Waals surface area (Å²) < 4.78 is 0. The van der Waals surface area contributed by atoms with Gasteiger partial charge < -0.3 is 10.4 Å². The second kappa shape index (κ2) is 6.29. The molecule has 0 radical (unpaired) electrons. The SMILES string of the molecule is Cc1ccc(C)c(C(C)NC(=O)[C@@H]2CC[C@H](C(=O)O)C2)c1. The van der Waals surface area contributed by atoms with Crippen LogP contribution in [0.4, 0.5) is 0 Å². The van der Waals surface area contributed by atoms with Crippen LogP contribution in [0, 0.1) is 25.7 Å². The van der Waals surface area contributed by atoms with Crippen molar-refractivity contribution in [3.8, 4) is 0 Å². The van der Waals surface area contributed by atoms with Crippen LogP contribution in [0.25, 0.3) is 0 Å². The Balaban J connectivity index is 1.99. The zero-order chi connectivity index (χ0) is 15.6. The van der Waals surface area contributed by atoms with E-state index in [0.29, 0.717) is 19.3 Å². The number of amides is 1. The third-order valence-corrected chi connectivity index (χ3v) is 4.41. The van der Waals surface area contributed by atoms with Crippen molar-refractivity contribution in [1.82, 2.24) is 5.32 Å². The molecule has 4 nitrogen and oxygen atoms in total. The summed E-state index contributed by atoms with van der Waals surface area (Å²) in [6.07, 6.45) is 1.73. The first-order valence-corrected chi connectivity index (χ1v) is 7.48. The molecule has 0 saturated heterocycles. The first-order chi connectivity index (χ1) is 9.88. The van der Waals surface area contributed by atoms with Crippen molar-refractivity contribution in [2.75, 3.05) is 0 Å². The fourth-order valence-corrected chi connectivity index (χ4v) is 3.08. The van der Waals surface area contributed by atoms with Crippen LogP contribution in [-0.2, 0) is 9.59 Å². The van der Waals surface area contributed by atoms with Crippen LogP contribution >= 0.6 is 0 Å². The summed E-state index contributed by atoms with van der Waals surface area (Å²) in [5, 5.41) is 12.0. The van der Waals surface area contributed by atoms with Gasteiger partial charge in [-0.25, -0.2) is 0 Å². The summed E-state index contributed by atoms with van der Waals surface area (Å²) in [6.45, 7) is 6.04. The number of aryl methyl sites for hydroxylation is 2. The number of rotatable bonds is 4. The zero-order valence-electron chi connectivity index (χ0n) is 12.8. The van der Waals surface area contributed by atoms with Gasteiger partial charge in [-0.05, 0) is 51.2 Å². The van der Waals surface area contributed by atoms with Crippen LogP contribution in [0.2, 0.25) is 0 Å². The van der Waals surface area contributed by atoms with Crippen LogP contribution < -0.4 is 5.32 Å². The first kappa shape index (κ1) is 15.5. The third kappa shape index (κ3) is 3.63. The van der Waals surface area contributed by atoms with Crippen molar-refractivity contribution < 1.29 is 14.7 Å². The number of hydrogen-bond donors (Lipinski definition) is 2. The number of carbonyl (C=O) groups is 2. The predicted octanol–water partition coefficient (Wildman–Crippen LogP) is 2.98. The lowest BCUT2D eigenvalue weighted by Crippen LogP contribution is -2.32. The molecule has 2 rings (SSSR count). The summed E-state index contributed by atoms with van der Waals surface area (Å²) in [5.41, 5.74) is 3.45. The highest BCUT2D eigenvalue weighted by molar-refractivity contribution is 5.81. The van der Waals surface area contributed by atoms with Crippen LogP contribution in [-0.4, -0.2) is 17.0 Å². The molecule has 0 bridgehead atoms. The average Bonchev–Trinajstić information content (AvgIpc) is 2.91. The van der Waals surface area contributed by atoms with Crippen molar-refractivity contribution in [1.29, 1.82) is 0 Å². The molecular formula is C17H23NO3. The van der Waals surface area contributed by atoms with Gasteiger partial charge in [-0.3, -0.25) is 9.59 Å². The van der Waals surface area contributed by atoms with Crippen LogP contribution in [0.3, 0.4) is 0 Å². The predicted molar refractivity (Wildman–Crippen MR) is 80.9 cm³/mol. The molecule has 114 valence electrons. The summed E-state index contributed by atoms with van der Waals surface area (Å²) in [5.74, 6) is -1.34. The Morgan fingerprint density at radius 1 is 1.24 bits per heavy atom. The zero-order valence-corrected chi connectivity index (χ0v) is 12.8. The minimum absolute atomic E-state index is 0.0212. The van der Waals surface area contributed by atoms with E-state index in [0.717, 1.165) is 11.1 Å². The number of benzene rings is 1. The molecule has 1 unspecified atom stereocenters. The topological polar surface area (TPSA) is 66.4 Å². The van der Waals surface area contributed by atoms with E-state index in [1.165, 1.54) is 5.56 Å². The van der Waals surface area contributed by atoms with Gasteiger partial charge >= 0.3 is 5.97 Å². The van der Waals surface area contributed by atoms with Crippen molar-refractivity contribution in [3.05, 3.63) is 34.9 Å². The van der Waals surface area contributed by atoms with Gasteiger partial charge in [0.2, 0.25) is 5.91 Å². The highest BCUT2D eigenvalue weighted by atomic mass is 16.4. The maximum Gasteiger partial charge on any atom is 0.306 e. The Morgan fingerprint density at radius 3 is 2.52 bits per heavy atom. The van der Waals surface area contributed by atoms with E-state index >= 15 is 0 Å². The van der Waals surface area contributed by atoms with Gasteiger partial charge in [0.05, 0.1) is 12.0 Å². The average molecular weight is 289 g/mol. The van der Waals surface area contributed by atoms with Gasteiger partial charge in [0.25, 0.3) is 0 Å². The highest BCUT2D eigenvalue weighted by Gasteiger charge is 2.34. The van der Waals surface area contributed by atoms with Gasteiger partial charge in [0.15, 0.2) is 0 Å². The third-order valence-electron chi connectivity index (χ3n) is 4.41. The molecule has 1 amide bonds. The monoisotopic (exact) mass is 289 g/mol. The Morgan fingerprint density at radius 2 is 1.90 bits per heavy atom. The summed E-state index contributed by atoms with van der Waals surface area (Å²) >= 11 is 0. The van der Waals surface area contributed by atoms with E-state index in [1.54, 1.807) is 0 Å². The molecule has 1 aromatic rings. The molecule has 0 heterocycles. The lowest BCUT2D eigenvalue weighted by atomic mass is 9.98. The number of aliphatic carboxylic acids is 1. The lowest BCUT2D eigenvalue weighted by Gasteiger charge is -2.19. The molecule has 3 atom stereocenters. The van der Waals surface area contributed by atoms with Gasteiger partial charge in [0, 0.05) is 5.92 Å². The molecule has 0 aliphatic heterocycles. The van der Waals surface area contributed by atoms with Crippen LogP contribution in [0.5, 0.6) is 0 Å². The normalized spacial score (nSPS) is 22.8. The minimum atomic E-state index is -0.784. The van der Waals surface area contributed by atoms with Crippen molar-refractivity contribution >= 4 is 11.9 Å². The maximum atomic E-state index is 12.3. The van der Waals surface area contributed by atoms with E-state index in [1.807, 2.05) is 20.8 Å². The first-order valence-electron chi connectivity index (χ1n) is 7.48. The molecule has 0 aromatic heterocycles. The number of carboxylic acids is 1. The van der Waals surface area contributed by atoms with Gasteiger partial charge in [-0.15, -0.1) is 0 Å². The minimum Gasteiger partial charge on any atom is -0.481 e. The summed E-state index contributed by atoms with van der Waals surface area (Å²) in [7, 11) is 0. The van der Waals surface area contributed by atoms with Crippen LogP contribution in [0.15, 0.2) is 18.2 Å². The quantitative estimate of drug-likeness (QED) is 0.895. The molecule has 1 saturated carbocycles. The number of hydrogen-bond acceptors (Lipinski definition) is 2. The lowest BCUT2D eigenvalue weighted by molar-refractivity contribution is -0.141. The standard InChI is InChI=1S/C17H23NO3/c1-10-4-5-11(2)15(8-10)12(3)18-16(19)13-6-7-14(9-13)17(20)21/h4-5,8,12-14H,6-7,9H2,1-3H3,(H,18,19)(H,20,21)/t12?,13-,14+/m1/s1. The van der Waals surface area contributed by atoms with Crippen molar-refractivity contribution in [2.45, 2.75) is 46.1 Å². The largest absolute Gasteiger partial charge is 0.481 e. The molecule has 4 heteroatoms. The van der Waals surface area contributed by atoms with Crippen molar-refractivity contribution in [2.24, 2.45) is 11.8 Å². The van der Waals surface area contributed by atoms with Crippen molar-refractivity contribution in [3.63, 3.8) is 0 Å². The maximum absolute atomic E-state index is 12.3. The number of nitrogens with one attached hydrogen (secondary N) is 1. The second-order valence-electron chi connectivity index (χ2n) is 6.14. The van der Waals surface area contributed by atoms with E-state index in [2.05, 4.69) is 23.5 Å². The molecule has 2 N–H and O–H groups in total. The second-order valence-corrected chi connectivity index (χ2v) is 6.14. The fraction of sp³-hybridized carbons (Fsp3) is 0.529. The highest BCUT2D eigenvalue weighted by Crippen LogP contribution is 2.31. The Bertz CT molecular complexity index is 553. The van der Waals surface area contributed by atoms with Crippen LogP contribution in [0.1, 0.15) is 48.9 Å². The smallest absolute Gasteiger partial charge is 0.306 e. The molecule has 0 spiro atoms. The Labute approximate surface area is 125 Å². The van der Waals surface area contributed by atoms with E-state index in [9.17, 15) is 9.59 Å². The molecule has 1 fully saturated rings. The van der Waals surface area contributed by atoms with Gasteiger partial charge in [0.1, 0.15) is 0 Å².